The van der Waals surface area contributed by atoms with E-state index >= 15 is 0 Å². The highest BCUT2D eigenvalue weighted by Gasteiger charge is 2.43. The number of rotatable bonds is 1. The molecule has 0 N–H and O–H groups in total. The summed E-state index contributed by atoms with van der Waals surface area (Å²) in [6, 6.07) is -0.397. The van der Waals surface area contributed by atoms with Gasteiger partial charge in [0.15, 0.2) is 0 Å². The molecule has 0 aromatic heterocycles. The number of likely N-dealkylation sites (N-methyl/N-ethyl adjacent to an activating group) is 1. The SMILES string of the molecule is CCC1C(=O)N2CCCCC2C(=O)N1C. The molecule has 15 heavy (non-hydrogen) atoms. The summed E-state index contributed by atoms with van der Waals surface area (Å²) < 4.78 is 0. The third kappa shape index (κ3) is 1.52. The summed E-state index contributed by atoms with van der Waals surface area (Å²) in [6.07, 6.45) is 3.65. The van der Waals surface area contributed by atoms with Crippen LogP contribution in [0, 0.1) is 0 Å². The molecule has 0 aromatic carbocycles. The molecule has 2 aliphatic rings. The first-order valence-electron chi connectivity index (χ1n) is 5.74. The highest BCUT2D eigenvalue weighted by atomic mass is 16.2. The van der Waals surface area contributed by atoms with Crippen molar-refractivity contribution in [1.29, 1.82) is 0 Å². The molecule has 2 heterocycles. The van der Waals surface area contributed by atoms with E-state index in [0.717, 1.165) is 25.8 Å². The van der Waals surface area contributed by atoms with E-state index in [2.05, 4.69) is 0 Å². The first-order chi connectivity index (χ1) is 7.16. The maximum absolute atomic E-state index is 12.1. The Hall–Kier alpha value is -1.06. The van der Waals surface area contributed by atoms with Gasteiger partial charge in [0.2, 0.25) is 11.8 Å². The molecule has 0 aliphatic carbocycles. The molecule has 2 atom stereocenters. The van der Waals surface area contributed by atoms with E-state index in [4.69, 9.17) is 0 Å². The minimum atomic E-state index is -0.230. The quantitative estimate of drug-likeness (QED) is 0.636. The van der Waals surface area contributed by atoms with Gasteiger partial charge in [-0.25, -0.2) is 0 Å². The van der Waals surface area contributed by atoms with Crippen LogP contribution < -0.4 is 0 Å². The lowest BCUT2D eigenvalue weighted by atomic mass is 9.95. The molecular formula is C11H18N2O2. The molecule has 2 amide bonds. The normalized spacial score (nSPS) is 31.9. The predicted molar refractivity (Wildman–Crippen MR) is 56.2 cm³/mol. The van der Waals surface area contributed by atoms with Gasteiger partial charge in [-0.1, -0.05) is 6.92 Å². The van der Waals surface area contributed by atoms with Crippen LogP contribution in [0.5, 0.6) is 0 Å². The summed E-state index contributed by atoms with van der Waals surface area (Å²) in [7, 11) is 1.75. The molecule has 2 unspecified atom stereocenters. The molecule has 2 saturated heterocycles. The van der Waals surface area contributed by atoms with Gasteiger partial charge in [0.1, 0.15) is 12.1 Å². The van der Waals surface area contributed by atoms with Crippen molar-refractivity contribution in [3.8, 4) is 0 Å². The van der Waals surface area contributed by atoms with E-state index < -0.39 is 0 Å². The molecule has 2 aliphatic heterocycles. The lowest BCUT2D eigenvalue weighted by Crippen LogP contribution is -2.64. The average molecular weight is 210 g/mol. The molecule has 0 saturated carbocycles. The Morgan fingerprint density at radius 1 is 1.27 bits per heavy atom. The zero-order valence-electron chi connectivity index (χ0n) is 9.40. The Morgan fingerprint density at radius 3 is 2.67 bits per heavy atom. The molecule has 0 spiro atoms. The van der Waals surface area contributed by atoms with Crippen molar-refractivity contribution in [3.63, 3.8) is 0 Å². The largest absolute Gasteiger partial charge is 0.332 e. The van der Waals surface area contributed by atoms with Crippen LogP contribution in [0.3, 0.4) is 0 Å². The van der Waals surface area contributed by atoms with Gasteiger partial charge in [-0.15, -0.1) is 0 Å². The van der Waals surface area contributed by atoms with Crippen LogP contribution >= 0.6 is 0 Å². The standard InChI is InChI=1S/C11H18N2O2/c1-3-8-11(15)13-7-5-4-6-9(13)10(14)12(8)2/h8-9H,3-7H2,1-2H3. The van der Waals surface area contributed by atoms with Crippen molar-refractivity contribution >= 4 is 11.8 Å². The Labute approximate surface area is 90.2 Å². The van der Waals surface area contributed by atoms with Crippen LogP contribution in [0.2, 0.25) is 0 Å². The summed E-state index contributed by atoms with van der Waals surface area (Å²) >= 11 is 0. The zero-order chi connectivity index (χ0) is 11.0. The molecular weight excluding hydrogens is 192 g/mol. The minimum absolute atomic E-state index is 0.126. The number of nitrogens with zero attached hydrogens (tertiary/aromatic N) is 2. The van der Waals surface area contributed by atoms with E-state index in [1.54, 1.807) is 16.8 Å². The van der Waals surface area contributed by atoms with Gasteiger partial charge >= 0.3 is 0 Å². The highest BCUT2D eigenvalue weighted by molar-refractivity contribution is 5.96. The first-order valence-corrected chi connectivity index (χ1v) is 5.74. The second-order valence-electron chi connectivity index (χ2n) is 4.42. The summed E-state index contributed by atoms with van der Waals surface area (Å²) in [5.41, 5.74) is 0. The van der Waals surface area contributed by atoms with Crippen molar-refractivity contribution in [1.82, 2.24) is 9.80 Å². The van der Waals surface area contributed by atoms with Crippen molar-refractivity contribution in [2.45, 2.75) is 44.7 Å². The molecule has 2 rings (SSSR count). The number of carbonyl (C=O) groups excluding carboxylic acids is 2. The summed E-state index contributed by atoms with van der Waals surface area (Å²) in [5.74, 6) is 0.269. The van der Waals surface area contributed by atoms with Crippen LogP contribution in [0.15, 0.2) is 0 Å². The van der Waals surface area contributed by atoms with Gasteiger partial charge in [0.05, 0.1) is 0 Å². The summed E-state index contributed by atoms with van der Waals surface area (Å²) in [6.45, 7) is 2.72. The molecule has 2 fully saturated rings. The number of hydrogen-bond acceptors (Lipinski definition) is 2. The average Bonchev–Trinajstić information content (AvgIpc) is 2.27. The lowest BCUT2D eigenvalue weighted by molar-refractivity contribution is -0.162. The molecule has 0 aromatic rings. The number of piperidine rings is 1. The van der Waals surface area contributed by atoms with E-state index in [-0.39, 0.29) is 23.9 Å². The number of amides is 2. The third-order valence-corrected chi connectivity index (χ3v) is 3.56. The number of hydrogen-bond donors (Lipinski definition) is 0. The fourth-order valence-electron chi connectivity index (χ4n) is 2.65. The first kappa shape index (κ1) is 10.5. The summed E-state index contributed by atoms with van der Waals surface area (Å²) in [5, 5.41) is 0. The van der Waals surface area contributed by atoms with Crippen LogP contribution in [-0.2, 0) is 9.59 Å². The molecule has 4 nitrogen and oxygen atoms in total. The Kier molecular flexibility index (Phi) is 2.67. The topological polar surface area (TPSA) is 40.6 Å². The second-order valence-corrected chi connectivity index (χ2v) is 4.42. The Morgan fingerprint density at radius 2 is 2.00 bits per heavy atom. The van der Waals surface area contributed by atoms with Crippen molar-refractivity contribution in [3.05, 3.63) is 0 Å². The Bertz CT molecular complexity index is 290. The van der Waals surface area contributed by atoms with Gasteiger partial charge in [0, 0.05) is 13.6 Å². The molecule has 4 heteroatoms. The molecule has 84 valence electrons. The van der Waals surface area contributed by atoms with Gasteiger partial charge in [-0.2, -0.15) is 0 Å². The summed E-state index contributed by atoms with van der Waals surface area (Å²) in [4.78, 5) is 27.5. The third-order valence-electron chi connectivity index (χ3n) is 3.56. The van der Waals surface area contributed by atoms with Crippen LogP contribution in [0.25, 0.3) is 0 Å². The number of fused-ring (bicyclic) bond motifs is 1. The fourth-order valence-corrected chi connectivity index (χ4v) is 2.65. The van der Waals surface area contributed by atoms with E-state index in [9.17, 15) is 9.59 Å². The van der Waals surface area contributed by atoms with E-state index in [0.29, 0.717) is 6.42 Å². The smallest absolute Gasteiger partial charge is 0.246 e. The van der Waals surface area contributed by atoms with Crippen molar-refractivity contribution < 1.29 is 9.59 Å². The van der Waals surface area contributed by atoms with Gasteiger partial charge in [-0.05, 0) is 25.7 Å². The molecule has 0 radical (unpaired) electrons. The van der Waals surface area contributed by atoms with Gasteiger partial charge < -0.3 is 9.80 Å². The van der Waals surface area contributed by atoms with Crippen molar-refractivity contribution in [2.75, 3.05) is 13.6 Å². The van der Waals surface area contributed by atoms with Gasteiger partial charge in [-0.3, -0.25) is 9.59 Å². The number of carbonyl (C=O) groups is 2. The van der Waals surface area contributed by atoms with Crippen LogP contribution in [0.1, 0.15) is 32.6 Å². The number of piperazine rings is 1. The predicted octanol–water partition coefficient (Wildman–Crippen LogP) is 0.618. The van der Waals surface area contributed by atoms with Crippen LogP contribution in [-0.4, -0.2) is 47.3 Å². The maximum Gasteiger partial charge on any atom is 0.246 e. The van der Waals surface area contributed by atoms with Gasteiger partial charge in [0.25, 0.3) is 0 Å². The molecule has 0 bridgehead atoms. The van der Waals surface area contributed by atoms with Crippen molar-refractivity contribution in [2.24, 2.45) is 0 Å². The van der Waals surface area contributed by atoms with E-state index in [1.807, 2.05) is 6.92 Å². The maximum atomic E-state index is 12.1. The van der Waals surface area contributed by atoms with E-state index in [1.165, 1.54) is 0 Å². The highest BCUT2D eigenvalue weighted by Crippen LogP contribution is 2.26. The lowest BCUT2D eigenvalue weighted by Gasteiger charge is -2.45. The zero-order valence-corrected chi connectivity index (χ0v) is 9.40. The Balaban J connectivity index is 2.25. The monoisotopic (exact) mass is 210 g/mol. The fraction of sp³-hybridized carbons (Fsp3) is 0.818. The van der Waals surface area contributed by atoms with Crippen LogP contribution in [0.4, 0.5) is 0 Å². The minimum Gasteiger partial charge on any atom is -0.332 e. The second kappa shape index (κ2) is 3.83.